The minimum Gasteiger partial charge on any atom is -0.497 e. The van der Waals surface area contributed by atoms with E-state index in [1.807, 2.05) is 18.2 Å². The van der Waals surface area contributed by atoms with E-state index >= 15 is 0 Å². The van der Waals surface area contributed by atoms with E-state index in [0.717, 1.165) is 11.3 Å². The monoisotopic (exact) mass is 334 g/mol. The zero-order valence-corrected chi connectivity index (χ0v) is 13.8. The van der Waals surface area contributed by atoms with E-state index in [4.69, 9.17) is 21.1 Å². The molecule has 0 bridgehead atoms. The number of benzene rings is 2. The Balaban J connectivity index is 1.85. The Hall–Kier alpha value is -2.40. The van der Waals surface area contributed by atoms with Crippen LogP contribution in [0.5, 0.6) is 11.5 Å². The third kappa shape index (κ3) is 5.07. The van der Waals surface area contributed by atoms with Crippen LogP contribution in [-0.4, -0.2) is 26.7 Å². The average Bonchev–Trinajstić information content (AvgIpc) is 2.59. The highest BCUT2D eigenvalue weighted by Gasteiger charge is 2.07. The highest BCUT2D eigenvalue weighted by atomic mass is 35.5. The number of hydrogen-bond acceptors (Lipinski definition) is 4. The van der Waals surface area contributed by atoms with Crippen LogP contribution in [-0.2, 0) is 11.3 Å². The number of rotatable bonds is 7. The second kappa shape index (κ2) is 8.29. The van der Waals surface area contributed by atoms with Gasteiger partial charge < -0.3 is 20.1 Å². The number of halogens is 1. The molecule has 0 unspecified atom stereocenters. The molecule has 0 saturated carbocycles. The molecule has 0 aliphatic heterocycles. The standard InChI is InChI=1S/C17H19ClN2O3/c1-22-14-7-8-15(16(9-14)23-2)19-11-17(21)20-10-12-3-5-13(18)6-4-12/h3-9,19H,10-11H2,1-2H3,(H,20,21). The molecule has 122 valence electrons. The van der Waals surface area contributed by atoms with Gasteiger partial charge in [-0.3, -0.25) is 4.79 Å². The predicted molar refractivity (Wildman–Crippen MR) is 91.3 cm³/mol. The highest BCUT2D eigenvalue weighted by Crippen LogP contribution is 2.28. The number of amides is 1. The molecule has 0 fully saturated rings. The Labute approximate surface area is 140 Å². The molecule has 0 aliphatic carbocycles. The average molecular weight is 335 g/mol. The largest absolute Gasteiger partial charge is 0.497 e. The molecular formula is C17H19ClN2O3. The van der Waals surface area contributed by atoms with Gasteiger partial charge in [-0.05, 0) is 29.8 Å². The lowest BCUT2D eigenvalue weighted by Gasteiger charge is -2.12. The lowest BCUT2D eigenvalue weighted by Crippen LogP contribution is -2.29. The first-order valence-electron chi connectivity index (χ1n) is 7.09. The van der Waals surface area contributed by atoms with Gasteiger partial charge in [0, 0.05) is 17.6 Å². The van der Waals surface area contributed by atoms with Gasteiger partial charge in [0.1, 0.15) is 11.5 Å². The van der Waals surface area contributed by atoms with Gasteiger partial charge in [-0.25, -0.2) is 0 Å². The van der Waals surface area contributed by atoms with Crippen LogP contribution in [0.1, 0.15) is 5.56 Å². The van der Waals surface area contributed by atoms with E-state index in [1.54, 1.807) is 38.5 Å². The van der Waals surface area contributed by atoms with E-state index in [1.165, 1.54) is 0 Å². The minimum atomic E-state index is -0.113. The van der Waals surface area contributed by atoms with Crippen molar-refractivity contribution in [3.63, 3.8) is 0 Å². The third-order valence-electron chi connectivity index (χ3n) is 3.25. The van der Waals surface area contributed by atoms with Gasteiger partial charge in [0.25, 0.3) is 0 Å². The number of carbonyl (C=O) groups is 1. The van der Waals surface area contributed by atoms with Gasteiger partial charge >= 0.3 is 0 Å². The number of nitrogens with one attached hydrogen (secondary N) is 2. The van der Waals surface area contributed by atoms with Crippen molar-refractivity contribution in [1.29, 1.82) is 0 Å². The van der Waals surface area contributed by atoms with Crippen molar-refractivity contribution in [2.75, 3.05) is 26.1 Å². The van der Waals surface area contributed by atoms with Gasteiger partial charge in [0.05, 0.1) is 26.5 Å². The molecule has 0 heterocycles. The van der Waals surface area contributed by atoms with Crippen LogP contribution in [0, 0.1) is 0 Å². The summed E-state index contributed by atoms with van der Waals surface area (Å²) in [5.74, 6) is 1.20. The topological polar surface area (TPSA) is 59.6 Å². The Kier molecular flexibility index (Phi) is 6.11. The van der Waals surface area contributed by atoms with Crippen LogP contribution < -0.4 is 20.1 Å². The SMILES string of the molecule is COc1ccc(NCC(=O)NCc2ccc(Cl)cc2)c(OC)c1. The first-order chi connectivity index (χ1) is 11.1. The second-order valence-electron chi connectivity index (χ2n) is 4.82. The first kappa shape index (κ1) is 17.0. The molecule has 5 nitrogen and oxygen atoms in total. The second-order valence-corrected chi connectivity index (χ2v) is 5.26. The van der Waals surface area contributed by atoms with Crippen LogP contribution >= 0.6 is 11.6 Å². The van der Waals surface area contributed by atoms with Crippen molar-refractivity contribution in [2.45, 2.75) is 6.54 Å². The third-order valence-corrected chi connectivity index (χ3v) is 3.50. The van der Waals surface area contributed by atoms with E-state index in [2.05, 4.69) is 10.6 Å². The van der Waals surface area contributed by atoms with Gasteiger partial charge in [-0.2, -0.15) is 0 Å². The number of hydrogen-bond donors (Lipinski definition) is 2. The Bertz CT molecular complexity index is 659. The van der Waals surface area contributed by atoms with Crippen molar-refractivity contribution in [3.05, 3.63) is 53.1 Å². The zero-order chi connectivity index (χ0) is 16.7. The minimum absolute atomic E-state index is 0.113. The Morgan fingerprint density at radius 3 is 2.48 bits per heavy atom. The molecule has 0 aliphatic rings. The van der Waals surface area contributed by atoms with Crippen molar-refractivity contribution in [2.24, 2.45) is 0 Å². The van der Waals surface area contributed by atoms with E-state index in [9.17, 15) is 4.79 Å². The summed E-state index contributed by atoms with van der Waals surface area (Å²) >= 11 is 5.82. The normalized spacial score (nSPS) is 10.0. The summed E-state index contributed by atoms with van der Waals surface area (Å²) in [6.45, 7) is 0.605. The first-order valence-corrected chi connectivity index (χ1v) is 7.47. The fourth-order valence-electron chi connectivity index (χ4n) is 1.99. The number of carbonyl (C=O) groups excluding carboxylic acids is 1. The van der Waals surface area contributed by atoms with Crippen LogP contribution in [0.15, 0.2) is 42.5 Å². The number of anilines is 1. The summed E-state index contributed by atoms with van der Waals surface area (Å²) in [7, 11) is 3.16. The summed E-state index contributed by atoms with van der Waals surface area (Å²) in [4.78, 5) is 11.9. The number of methoxy groups -OCH3 is 2. The summed E-state index contributed by atoms with van der Waals surface area (Å²) in [5, 5.41) is 6.56. The van der Waals surface area contributed by atoms with E-state index < -0.39 is 0 Å². The predicted octanol–water partition coefficient (Wildman–Crippen LogP) is 3.09. The molecule has 23 heavy (non-hydrogen) atoms. The molecular weight excluding hydrogens is 316 g/mol. The van der Waals surface area contributed by atoms with Gasteiger partial charge in [-0.15, -0.1) is 0 Å². The maximum Gasteiger partial charge on any atom is 0.239 e. The van der Waals surface area contributed by atoms with Crippen LogP contribution in [0.2, 0.25) is 5.02 Å². The van der Waals surface area contributed by atoms with Crippen molar-refractivity contribution in [1.82, 2.24) is 5.32 Å². The van der Waals surface area contributed by atoms with Crippen LogP contribution in [0.4, 0.5) is 5.69 Å². The molecule has 0 radical (unpaired) electrons. The summed E-state index contributed by atoms with van der Waals surface area (Å²) in [6, 6.07) is 12.7. The Morgan fingerprint density at radius 2 is 1.83 bits per heavy atom. The Morgan fingerprint density at radius 1 is 1.09 bits per heavy atom. The molecule has 0 spiro atoms. The molecule has 1 amide bonds. The molecule has 6 heteroatoms. The highest BCUT2D eigenvalue weighted by molar-refractivity contribution is 6.30. The van der Waals surface area contributed by atoms with E-state index in [-0.39, 0.29) is 12.5 Å². The maximum absolute atomic E-state index is 11.9. The van der Waals surface area contributed by atoms with E-state index in [0.29, 0.717) is 23.1 Å². The molecule has 2 aromatic carbocycles. The van der Waals surface area contributed by atoms with Gasteiger partial charge in [0.2, 0.25) is 5.91 Å². The zero-order valence-electron chi connectivity index (χ0n) is 13.1. The lowest BCUT2D eigenvalue weighted by molar-refractivity contribution is -0.119. The van der Waals surface area contributed by atoms with Crippen LogP contribution in [0.25, 0.3) is 0 Å². The summed E-state index contributed by atoms with van der Waals surface area (Å²) in [6.07, 6.45) is 0. The molecule has 0 aromatic heterocycles. The van der Waals surface area contributed by atoms with Crippen molar-refractivity contribution in [3.8, 4) is 11.5 Å². The summed E-state index contributed by atoms with van der Waals surface area (Å²) in [5.41, 5.74) is 1.72. The fraction of sp³-hybridized carbons (Fsp3) is 0.235. The molecule has 2 N–H and O–H groups in total. The summed E-state index contributed by atoms with van der Waals surface area (Å²) < 4.78 is 10.4. The van der Waals surface area contributed by atoms with Gasteiger partial charge in [0.15, 0.2) is 0 Å². The smallest absolute Gasteiger partial charge is 0.239 e. The van der Waals surface area contributed by atoms with Crippen molar-refractivity contribution < 1.29 is 14.3 Å². The van der Waals surface area contributed by atoms with Crippen LogP contribution in [0.3, 0.4) is 0 Å². The molecule has 0 saturated heterocycles. The lowest BCUT2D eigenvalue weighted by atomic mass is 10.2. The molecule has 0 atom stereocenters. The molecule has 2 aromatic rings. The van der Waals surface area contributed by atoms with Crippen molar-refractivity contribution >= 4 is 23.2 Å². The quantitative estimate of drug-likeness (QED) is 0.817. The maximum atomic E-state index is 11.9. The van der Waals surface area contributed by atoms with Gasteiger partial charge in [-0.1, -0.05) is 23.7 Å². The fourth-order valence-corrected chi connectivity index (χ4v) is 2.11. The number of ether oxygens (including phenoxy) is 2. The molecule has 2 rings (SSSR count).